The van der Waals surface area contributed by atoms with Crippen molar-refractivity contribution < 1.29 is 9.90 Å². The molecule has 3 aliphatic carbocycles. The number of hydrogen-bond acceptors (Lipinski definition) is 2. The van der Waals surface area contributed by atoms with E-state index >= 15 is 0 Å². The Bertz CT molecular complexity index is 288. The zero-order valence-corrected chi connectivity index (χ0v) is 9.69. The topological polar surface area (TPSA) is 49.3 Å². The van der Waals surface area contributed by atoms with Gasteiger partial charge in [-0.25, -0.2) is 0 Å². The van der Waals surface area contributed by atoms with Gasteiger partial charge in [0.2, 0.25) is 0 Å². The van der Waals surface area contributed by atoms with Gasteiger partial charge in [0.1, 0.15) is 6.04 Å². The lowest BCUT2D eigenvalue weighted by atomic mass is 9.88. The molecule has 0 aromatic heterocycles. The van der Waals surface area contributed by atoms with Gasteiger partial charge in [0.25, 0.3) is 0 Å². The fourth-order valence-electron chi connectivity index (χ4n) is 3.79. The number of fused-ring (bicyclic) bond motifs is 2. The van der Waals surface area contributed by atoms with Crippen LogP contribution in [0.25, 0.3) is 0 Å². The van der Waals surface area contributed by atoms with Gasteiger partial charge in [-0.3, -0.25) is 4.79 Å². The lowest BCUT2D eigenvalue weighted by Gasteiger charge is -2.24. The zero-order chi connectivity index (χ0) is 11.1. The van der Waals surface area contributed by atoms with Crippen LogP contribution in [0.4, 0.5) is 0 Å². The fourth-order valence-corrected chi connectivity index (χ4v) is 3.79. The molecule has 4 atom stereocenters. The van der Waals surface area contributed by atoms with E-state index < -0.39 is 5.97 Å². The zero-order valence-electron chi connectivity index (χ0n) is 9.69. The van der Waals surface area contributed by atoms with E-state index in [4.69, 9.17) is 5.11 Å². The maximum Gasteiger partial charge on any atom is 0.320 e. The summed E-state index contributed by atoms with van der Waals surface area (Å²) in [5, 5.41) is 12.4. The summed E-state index contributed by atoms with van der Waals surface area (Å²) in [4.78, 5) is 11.1. The van der Waals surface area contributed by atoms with Gasteiger partial charge in [-0.1, -0.05) is 6.42 Å². The predicted octanol–water partition coefficient (Wildman–Crippen LogP) is 1.88. The molecule has 2 bridgehead atoms. The number of nitrogens with one attached hydrogen (secondary N) is 1. The van der Waals surface area contributed by atoms with Crippen molar-refractivity contribution in [2.75, 3.05) is 6.54 Å². The Labute approximate surface area is 96.6 Å². The Kier molecular flexibility index (Phi) is 2.66. The molecule has 0 aliphatic heterocycles. The first-order valence-electron chi connectivity index (χ1n) is 6.70. The molecule has 0 saturated heterocycles. The minimum absolute atomic E-state index is 0.265. The van der Waals surface area contributed by atoms with Crippen LogP contribution < -0.4 is 5.32 Å². The Hall–Kier alpha value is -0.570. The number of aliphatic carboxylic acids is 1. The van der Waals surface area contributed by atoms with Crippen LogP contribution in [-0.2, 0) is 4.79 Å². The van der Waals surface area contributed by atoms with Crippen LogP contribution in [0.1, 0.15) is 38.5 Å². The van der Waals surface area contributed by atoms with Crippen LogP contribution in [0.5, 0.6) is 0 Å². The average Bonchev–Trinajstić information content (AvgIpc) is 2.87. The van der Waals surface area contributed by atoms with Crippen molar-refractivity contribution in [1.82, 2.24) is 5.32 Å². The molecule has 0 amide bonds. The first-order chi connectivity index (χ1) is 7.74. The predicted molar refractivity (Wildman–Crippen MR) is 61.1 cm³/mol. The standard InChI is InChI=1S/C13H21NO2/c15-13(16)12(9-3-4-9)14-7-11-6-8-1-2-10(11)5-8/h8-12,14H,1-7H2,(H,15,16). The maximum absolute atomic E-state index is 11.1. The van der Waals surface area contributed by atoms with Crippen molar-refractivity contribution in [2.45, 2.75) is 44.6 Å². The van der Waals surface area contributed by atoms with E-state index in [9.17, 15) is 4.79 Å². The van der Waals surface area contributed by atoms with E-state index in [1.165, 1.54) is 25.7 Å². The maximum atomic E-state index is 11.1. The molecule has 3 aliphatic rings. The lowest BCUT2D eigenvalue weighted by molar-refractivity contribution is -0.140. The molecular formula is C13H21NO2. The Morgan fingerprint density at radius 3 is 2.56 bits per heavy atom. The molecule has 90 valence electrons. The summed E-state index contributed by atoms with van der Waals surface area (Å²) in [6.45, 7) is 0.939. The summed E-state index contributed by atoms with van der Waals surface area (Å²) in [6.07, 6.45) is 7.76. The highest BCUT2D eigenvalue weighted by molar-refractivity contribution is 5.74. The van der Waals surface area contributed by atoms with Gasteiger partial charge in [0.05, 0.1) is 0 Å². The normalized spacial score (nSPS) is 38.9. The minimum atomic E-state index is -0.648. The van der Waals surface area contributed by atoms with Crippen LogP contribution in [0.2, 0.25) is 0 Å². The van der Waals surface area contributed by atoms with Crippen molar-refractivity contribution in [3.8, 4) is 0 Å². The van der Waals surface area contributed by atoms with Gasteiger partial charge in [0.15, 0.2) is 0 Å². The third-order valence-corrected chi connectivity index (χ3v) is 4.84. The molecule has 3 fully saturated rings. The third-order valence-electron chi connectivity index (χ3n) is 4.84. The molecule has 0 aromatic carbocycles. The van der Waals surface area contributed by atoms with E-state index in [-0.39, 0.29) is 6.04 Å². The SMILES string of the molecule is O=C(O)C(NCC1CC2CCC1C2)C1CC1. The molecule has 3 saturated carbocycles. The van der Waals surface area contributed by atoms with Gasteiger partial charge < -0.3 is 10.4 Å². The quantitative estimate of drug-likeness (QED) is 0.748. The van der Waals surface area contributed by atoms with E-state index in [0.29, 0.717) is 5.92 Å². The van der Waals surface area contributed by atoms with Crippen LogP contribution in [0.15, 0.2) is 0 Å². The Morgan fingerprint density at radius 1 is 1.25 bits per heavy atom. The molecule has 0 aromatic rings. The number of hydrogen-bond donors (Lipinski definition) is 2. The van der Waals surface area contributed by atoms with Crippen LogP contribution in [0, 0.1) is 23.7 Å². The number of carboxylic acid groups (broad SMARTS) is 1. The Balaban J connectivity index is 1.50. The monoisotopic (exact) mass is 223 g/mol. The molecular weight excluding hydrogens is 202 g/mol. The van der Waals surface area contributed by atoms with Crippen molar-refractivity contribution in [3.63, 3.8) is 0 Å². The number of rotatable bonds is 5. The minimum Gasteiger partial charge on any atom is -0.480 e. The van der Waals surface area contributed by atoms with Crippen LogP contribution in [-0.4, -0.2) is 23.7 Å². The van der Waals surface area contributed by atoms with Gasteiger partial charge in [0, 0.05) is 0 Å². The smallest absolute Gasteiger partial charge is 0.320 e. The molecule has 0 heterocycles. The lowest BCUT2D eigenvalue weighted by Crippen LogP contribution is -2.41. The van der Waals surface area contributed by atoms with E-state index in [1.807, 2.05) is 0 Å². The summed E-state index contributed by atoms with van der Waals surface area (Å²) in [5.74, 6) is 2.38. The van der Waals surface area contributed by atoms with Crippen LogP contribution in [0.3, 0.4) is 0 Å². The molecule has 2 N–H and O–H groups in total. The number of carboxylic acids is 1. The Morgan fingerprint density at radius 2 is 2.06 bits per heavy atom. The molecule has 0 spiro atoms. The summed E-state index contributed by atoms with van der Waals surface area (Å²) in [7, 11) is 0. The van der Waals surface area contributed by atoms with E-state index in [0.717, 1.165) is 37.1 Å². The van der Waals surface area contributed by atoms with Crippen molar-refractivity contribution in [2.24, 2.45) is 23.7 Å². The van der Waals surface area contributed by atoms with Crippen LogP contribution >= 0.6 is 0 Å². The second kappa shape index (κ2) is 4.02. The molecule has 16 heavy (non-hydrogen) atoms. The summed E-state index contributed by atoms with van der Waals surface area (Å²) in [6, 6.07) is -0.265. The summed E-state index contributed by atoms with van der Waals surface area (Å²) < 4.78 is 0. The molecule has 0 radical (unpaired) electrons. The second-order valence-corrected chi connectivity index (χ2v) is 6.00. The highest BCUT2D eigenvalue weighted by Gasteiger charge is 2.41. The van der Waals surface area contributed by atoms with Gasteiger partial charge in [-0.05, 0) is 62.3 Å². The number of carbonyl (C=O) groups is 1. The van der Waals surface area contributed by atoms with E-state index in [2.05, 4.69) is 5.32 Å². The first kappa shape index (κ1) is 10.6. The fraction of sp³-hybridized carbons (Fsp3) is 0.923. The van der Waals surface area contributed by atoms with Crippen molar-refractivity contribution in [3.05, 3.63) is 0 Å². The molecule has 3 nitrogen and oxygen atoms in total. The van der Waals surface area contributed by atoms with Crippen molar-refractivity contribution >= 4 is 5.97 Å². The highest BCUT2D eigenvalue weighted by Crippen LogP contribution is 2.48. The molecule has 4 unspecified atom stereocenters. The van der Waals surface area contributed by atoms with Gasteiger partial charge >= 0.3 is 5.97 Å². The van der Waals surface area contributed by atoms with Gasteiger partial charge in [-0.2, -0.15) is 0 Å². The van der Waals surface area contributed by atoms with Gasteiger partial charge in [-0.15, -0.1) is 0 Å². The third kappa shape index (κ3) is 1.97. The van der Waals surface area contributed by atoms with Crippen molar-refractivity contribution in [1.29, 1.82) is 0 Å². The highest BCUT2D eigenvalue weighted by atomic mass is 16.4. The summed E-state index contributed by atoms with van der Waals surface area (Å²) >= 11 is 0. The summed E-state index contributed by atoms with van der Waals surface area (Å²) in [5.41, 5.74) is 0. The molecule has 3 rings (SSSR count). The first-order valence-corrected chi connectivity index (χ1v) is 6.70. The average molecular weight is 223 g/mol. The van der Waals surface area contributed by atoms with E-state index in [1.54, 1.807) is 0 Å². The molecule has 3 heteroatoms. The second-order valence-electron chi connectivity index (χ2n) is 6.00. The largest absolute Gasteiger partial charge is 0.480 e.